The van der Waals surface area contributed by atoms with E-state index in [2.05, 4.69) is 15.1 Å². The minimum Gasteiger partial charge on any atom is -0.348 e. The predicted molar refractivity (Wildman–Crippen MR) is 110 cm³/mol. The van der Waals surface area contributed by atoms with E-state index < -0.39 is 33.4 Å². The van der Waals surface area contributed by atoms with Crippen molar-refractivity contribution in [2.45, 2.75) is 12.7 Å². The topological polar surface area (TPSA) is 93.1 Å². The number of halogens is 4. The van der Waals surface area contributed by atoms with Gasteiger partial charge in [-0.1, -0.05) is 29.8 Å². The average Bonchev–Trinajstić information content (AvgIpc) is 3.11. The van der Waals surface area contributed by atoms with Gasteiger partial charge in [-0.15, -0.1) is 0 Å². The maximum atomic E-state index is 13.7. The van der Waals surface area contributed by atoms with E-state index >= 15 is 0 Å². The summed E-state index contributed by atoms with van der Waals surface area (Å²) in [7, 11) is -3.50. The third kappa shape index (κ3) is 5.76. The fourth-order valence-corrected chi connectivity index (χ4v) is 3.57. The second-order valence-corrected chi connectivity index (χ2v) is 8.74. The van der Waals surface area contributed by atoms with E-state index in [1.54, 1.807) is 12.1 Å². The molecule has 0 aliphatic carbocycles. The summed E-state index contributed by atoms with van der Waals surface area (Å²) in [4.78, 5) is 12.5. The molecule has 7 nitrogen and oxygen atoms in total. The molecular weight excluding hydrogens is 457 g/mol. The van der Waals surface area contributed by atoms with E-state index in [0.717, 1.165) is 12.5 Å². The predicted octanol–water partition coefficient (Wildman–Crippen LogP) is 3.85. The van der Waals surface area contributed by atoms with E-state index in [9.17, 15) is 26.4 Å². The first-order chi connectivity index (χ1) is 14.4. The summed E-state index contributed by atoms with van der Waals surface area (Å²) in [6, 6.07) is 11.8. The second kappa shape index (κ2) is 8.60. The third-order valence-corrected chi connectivity index (χ3v) is 4.86. The van der Waals surface area contributed by atoms with Crippen molar-refractivity contribution in [3.8, 4) is 5.69 Å². The van der Waals surface area contributed by atoms with Crippen molar-refractivity contribution >= 4 is 33.2 Å². The van der Waals surface area contributed by atoms with Gasteiger partial charge in [0, 0.05) is 17.3 Å². The molecule has 0 saturated carbocycles. The number of amides is 1. The molecule has 164 valence electrons. The highest BCUT2D eigenvalue weighted by atomic mass is 35.5. The lowest BCUT2D eigenvalue weighted by atomic mass is 10.2. The number of hydrogen-bond donors (Lipinski definition) is 2. The summed E-state index contributed by atoms with van der Waals surface area (Å²) < 4.78 is 66.7. The molecule has 2 N–H and O–H groups in total. The van der Waals surface area contributed by atoms with E-state index in [1.807, 2.05) is 0 Å². The monoisotopic (exact) mass is 472 g/mol. The Morgan fingerprint density at radius 3 is 2.52 bits per heavy atom. The van der Waals surface area contributed by atoms with Crippen LogP contribution in [0, 0.1) is 0 Å². The molecule has 1 aromatic heterocycles. The highest BCUT2D eigenvalue weighted by Crippen LogP contribution is 2.34. The lowest BCUT2D eigenvalue weighted by Crippen LogP contribution is -2.26. The molecule has 3 rings (SSSR count). The summed E-state index contributed by atoms with van der Waals surface area (Å²) in [5.41, 5.74) is -1.09. The van der Waals surface area contributed by atoms with Crippen LogP contribution in [0.15, 0.2) is 54.7 Å². The van der Waals surface area contributed by atoms with Crippen LogP contribution in [0.3, 0.4) is 0 Å². The number of rotatable bonds is 6. The van der Waals surface area contributed by atoms with Crippen LogP contribution in [0.1, 0.15) is 21.6 Å². The number of anilines is 1. The Hall–Kier alpha value is -3.05. The van der Waals surface area contributed by atoms with Crippen LogP contribution in [-0.4, -0.2) is 30.4 Å². The summed E-state index contributed by atoms with van der Waals surface area (Å²) in [6.45, 7) is -0.127. The first kappa shape index (κ1) is 22.6. The molecule has 0 atom stereocenters. The molecule has 1 heterocycles. The third-order valence-electron chi connectivity index (χ3n) is 4.02. The Labute approximate surface area is 180 Å². The van der Waals surface area contributed by atoms with E-state index in [0.29, 0.717) is 10.2 Å². The first-order valence-electron chi connectivity index (χ1n) is 8.70. The van der Waals surface area contributed by atoms with Crippen molar-refractivity contribution in [1.29, 1.82) is 0 Å². The molecule has 0 aliphatic heterocycles. The summed E-state index contributed by atoms with van der Waals surface area (Å²) >= 11 is 5.86. The van der Waals surface area contributed by atoms with Crippen LogP contribution in [0.5, 0.6) is 0 Å². The van der Waals surface area contributed by atoms with Crippen LogP contribution in [0.2, 0.25) is 5.02 Å². The van der Waals surface area contributed by atoms with Gasteiger partial charge in [0.05, 0.1) is 23.7 Å². The molecule has 0 bridgehead atoms. The highest BCUT2D eigenvalue weighted by Gasteiger charge is 2.40. The van der Waals surface area contributed by atoms with Gasteiger partial charge in [0.1, 0.15) is 0 Å². The van der Waals surface area contributed by atoms with E-state index in [4.69, 9.17) is 11.6 Å². The van der Waals surface area contributed by atoms with Crippen molar-refractivity contribution < 1.29 is 26.4 Å². The number of carbonyl (C=O) groups excluding carboxylic acids is 1. The maximum absolute atomic E-state index is 13.7. The summed E-state index contributed by atoms with van der Waals surface area (Å²) in [5.74, 6) is -0.984. The van der Waals surface area contributed by atoms with Crippen molar-refractivity contribution in [1.82, 2.24) is 15.1 Å². The van der Waals surface area contributed by atoms with Crippen LogP contribution in [0.4, 0.5) is 18.9 Å². The summed E-state index contributed by atoms with van der Waals surface area (Å²) in [6.07, 6.45) is -3.04. The highest BCUT2D eigenvalue weighted by molar-refractivity contribution is 7.92. The molecule has 0 spiro atoms. The largest absolute Gasteiger partial charge is 0.434 e. The number of carbonyl (C=O) groups is 1. The number of nitrogens with zero attached hydrogens (tertiary/aromatic N) is 2. The van der Waals surface area contributed by atoms with Crippen LogP contribution in [0.25, 0.3) is 5.69 Å². The zero-order valence-electron chi connectivity index (χ0n) is 15.9. The number of sulfonamides is 1. The second-order valence-electron chi connectivity index (χ2n) is 6.55. The number of aromatic nitrogens is 2. The van der Waals surface area contributed by atoms with Crippen molar-refractivity contribution in [3.05, 3.63) is 76.6 Å². The van der Waals surface area contributed by atoms with Gasteiger partial charge in [-0.25, -0.2) is 13.1 Å². The minimum atomic E-state index is -4.86. The Balaban J connectivity index is 1.85. The van der Waals surface area contributed by atoms with E-state index in [-0.39, 0.29) is 22.9 Å². The number of alkyl halides is 3. The van der Waals surface area contributed by atoms with Gasteiger partial charge in [0.2, 0.25) is 10.0 Å². The van der Waals surface area contributed by atoms with Gasteiger partial charge in [-0.2, -0.15) is 18.3 Å². The minimum absolute atomic E-state index is 0.0541. The molecular formula is C19H16ClF3N4O3S. The molecule has 0 saturated heterocycles. The van der Waals surface area contributed by atoms with Crippen LogP contribution in [-0.2, 0) is 22.7 Å². The molecule has 2 aromatic carbocycles. The molecule has 31 heavy (non-hydrogen) atoms. The first-order valence-corrected chi connectivity index (χ1v) is 11.0. The number of benzene rings is 2. The molecule has 0 aliphatic rings. The zero-order chi connectivity index (χ0) is 22.8. The van der Waals surface area contributed by atoms with Gasteiger partial charge in [0.15, 0.2) is 5.69 Å². The average molecular weight is 473 g/mol. The van der Waals surface area contributed by atoms with Crippen molar-refractivity contribution in [2.75, 3.05) is 11.0 Å². The fraction of sp³-hybridized carbons (Fsp3) is 0.158. The van der Waals surface area contributed by atoms with Crippen molar-refractivity contribution in [3.63, 3.8) is 0 Å². The lowest BCUT2D eigenvalue weighted by molar-refractivity contribution is -0.143. The number of hydrogen-bond acceptors (Lipinski definition) is 4. The zero-order valence-corrected chi connectivity index (χ0v) is 17.5. The Morgan fingerprint density at radius 1 is 1.16 bits per heavy atom. The Bertz CT molecular complexity index is 1230. The molecule has 0 unspecified atom stereocenters. The molecule has 12 heteroatoms. The number of nitrogens with one attached hydrogen (secondary N) is 2. The van der Waals surface area contributed by atoms with E-state index in [1.165, 1.54) is 36.4 Å². The molecule has 0 radical (unpaired) electrons. The van der Waals surface area contributed by atoms with Crippen LogP contribution < -0.4 is 10.0 Å². The smallest absolute Gasteiger partial charge is 0.348 e. The van der Waals surface area contributed by atoms with Crippen LogP contribution >= 0.6 is 11.6 Å². The fourth-order valence-electron chi connectivity index (χ4n) is 2.83. The van der Waals surface area contributed by atoms with Gasteiger partial charge in [0.25, 0.3) is 5.91 Å². The molecule has 1 amide bonds. The summed E-state index contributed by atoms with van der Waals surface area (Å²) in [5, 5.41) is 6.34. The van der Waals surface area contributed by atoms with Crippen molar-refractivity contribution in [2.24, 2.45) is 0 Å². The standard InChI is InChI=1S/C19H16ClF3N4O3S/c1-31(29,30)26-14-6-2-4-12(8-14)10-24-18(28)16-11-25-27(17(16)19(21,22)23)15-7-3-5-13(20)9-15/h2-9,11,26H,10H2,1H3,(H,24,28). The van der Waals surface area contributed by atoms with Gasteiger partial charge in [-0.05, 0) is 35.9 Å². The Morgan fingerprint density at radius 2 is 1.87 bits per heavy atom. The molecule has 3 aromatic rings. The van der Waals surface area contributed by atoms with Gasteiger partial charge >= 0.3 is 6.18 Å². The SMILES string of the molecule is CS(=O)(=O)Nc1cccc(CNC(=O)c2cnn(-c3cccc(Cl)c3)c2C(F)(F)F)c1. The quantitative estimate of drug-likeness (QED) is 0.570. The van der Waals surface area contributed by atoms with Gasteiger partial charge in [-0.3, -0.25) is 9.52 Å². The normalized spacial score (nSPS) is 11.9. The molecule has 0 fully saturated rings. The maximum Gasteiger partial charge on any atom is 0.434 e. The lowest BCUT2D eigenvalue weighted by Gasteiger charge is -2.13. The van der Waals surface area contributed by atoms with Gasteiger partial charge < -0.3 is 5.32 Å². The Kier molecular flexibility index (Phi) is 6.27.